The van der Waals surface area contributed by atoms with E-state index in [2.05, 4.69) is 20.7 Å². The molecule has 1 heterocycles. The molecule has 20 heavy (non-hydrogen) atoms. The highest BCUT2D eigenvalue weighted by Gasteiger charge is 2.19. The highest BCUT2D eigenvalue weighted by molar-refractivity contribution is 9.10. The molecule has 0 amide bonds. The van der Waals surface area contributed by atoms with Crippen LogP contribution in [0.4, 0.5) is 14.5 Å². The summed E-state index contributed by atoms with van der Waals surface area (Å²) in [6.45, 7) is 1.92. The Morgan fingerprint density at radius 3 is 2.50 bits per heavy atom. The van der Waals surface area contributed by atoms with Crippen LogP contribution in [-0.4, -0.2) is 8.42 Å². The van der Waals surface area contributed by atoms with Crippen LogP contribution in [0.2, 0.25) is 0 Å². The fourth-order valence-corrected chi connectivity index (χ4v) is 4.40. The molecule has 2 rings (SSSR count). The maximum atomic E-state index is 13.2. The number of sulfonamides is 1. The van der Waals surface area contributed by atoms with Crippen molar-refractivity contribution in [2.24, 2.45) is 0 Å². The monoisotopic (exact) mass is 381 g/mol. The molecule has 0 fully saturated rings. The number of hydrogen-bond acceptors (Lipinski definition) is 3. The molecule has 1 aromatic carbocycles. The van der Waals surface area contributed by atoms with E-state index in [0.717, 1.165) is 34.8 Å². The van der Waals surface area contributed by atoms with Crippen molar-refractivity contribution in [3.8, 4) is 0 Å². The Morgan fingerprint density at radius 1 is 1.25 bits per heavy atom. The van der Waals surface area contributed by atoms with Crippen molar-refractivity contribution in [2.45, 2.75) is 17.6 Å². The Labute approximate surface area is 127 Å². The summed E-state index contributed by atoms with van der Waals surface area (Å²) in [5.41, 5.74) is -0.0460. The summed E-state index contributed by atoms with van der Waals surface area (Å²) in [4.78, 5) is 0.926. The van der Waals surface area contributed by atoms with Gasteiger partial charge in [-0.15, -0.1) is 11.3 Å². The summed E-state index contributed by atoms with van der Waals surface area (Å²) >= 11 is 4.13. The van der Waals surface area contributed by atoms with Crippen LogP contribution in [0, 0.1) is 11.6 Å². The van der Waals surface area contributed by atoms with Crippen molar-refractivity contribution in [3.05, 3.63) is 45.2 Å². The number of hydrogen-bond donors (Lipinski definition) is 1. The molecular formula is C12H10BrF2NO2S2. The molecule has 1 N–H and O–H groups in total. The highest BCUT2D eigenvalue weighted by atomic mass is 79.9. The third-order valence-corrected chi connectivity index (χ3v) is 6.25. The van der Waals surface area contributed by atoms with Crippen LogP contribution in [0.1, 0.15) is 11.8 Å². The van der Waals surface area contributed by atoms with Gasteiger partial charge in [0.25, 0.3) is 10.0 Å². The third-order valence-electron chi connectivity index (χ3n) is 2.50. The predicted molar refractivity (Wildman–Crippen MR) is 78.6 cm³/mol. The van der Waals surface area contributed by atoms with Gasteiger partial charge in [-0.3, -0.25) is 4.72 Å². The molecule has 8 heteroatoms. The lowest BCUT2D eigenvalue weighted by molar-refractivity contribution is 0.508. The third kappa shape index (κ3) is 3.18. The molecular weight excluding hydrogens is 372 g/mol. The standard InChI is InChI=1S/C12H10BrF2NO2S2/c1-2-7-3-4-12(19-7)20(17,18)16-11-6-10(15)9(14)5-8(11)13/h3-6,16H,2H2,1H3. The van der Waals surface area contributed by atoms with E-state index in [0.29, 0.717) is 0 Å². The van der Waals surface area contributed by atoms with E-state index < -0.39 is 21.7 Å². The minimum atomic E-state index is -3.81. The first kappa shape index (κ1) is 15.4. The first-order valence-electron chi connectivity index (χ1n) is 5.59. The van der Waals surface area contributed by atoms with Crippen molar-refractivity contribution < 1.29 is 17.2 Å². The summed E-state index contributed by atoms with van der Waals surface area (Å²) in [6, 6.07) is 4.88. The van der Waals surface area contributed by atoms with Gasteiger partial charge in [-0.05, 0) is 40.5 Å². The maximum Gasteiger partial charge on any atom is 0.271 e. The number of halogens is 3. The van der Waals surface area contributed by atoms with Crippen LogP contribution in [0.15, 0.2) is 32.9 Å². The average Bonchev–Trinajstić information content (AvgIpc) is 2.85. The minimum absolute atomic E-state index is 0.0460. The summed E-state index contributed by atoms with van der Waals surface area (Å²) in [6.07, 6.45) is 0.731. The van der Waals surface area contributed by atoms with E-state index in [-0.39, 0.29) is 14.4 Å². The lowest BCUT2D eigenvalue weighted by atomic mass is 10.3. The summed E-state index contributed by atoms with van der Waals surface area (Å²) < 4.78 is 52.9. The normalized spacial score (nSPS) is 11.6. The molecule has 0 unspecified atom stereocenters. The van der Waals surface area contributed by atoms with Gasteiger partial charge in [-0.25, -0.2) is 17.2 Å². The van der Waals surface area contributed by atoms with E-state index in [4.69, 9.17) is 0 Å². The Morgan fingerprint density at radius 2 is 1.90 bits per heavy atom. The molecule has 0 radical (unpaired) electrons. The number of thiophene rings is 1. The van der Waals surface area contributed by atoms with E-state index in [9.17, 15) is 17.2 Å². The molecule has 0 saturated heterocycles. The SMILES string of the molecule is CCc1ccc(S(=O)(=O)Nc2cc(F)c(F)cc2Br)s1. The fourth-order valence-electron chi connectivity index (χ4n) is 1.49. The van der Waals surface area contributed by atoms with E-state index in [1.54, 1.807) is 6.07 Å². The molecule has 108 valence electrons. The first-order chi connectivity index (χ1) is 9.33. The van der Waals surface area contributed by atoms with Crippen LogP contribution >= 0.6 is 27.3 Å². The van der Waals surface area contributed by atoms with E-state index in [1.807, 2.05) is 6.92 Å². The number of aryl methyl sites for hydroxylation is 1. The molecule has 0 spiro atoms. The van der Waals surface area contributed by atoms with Gasteiger partial charge >= 0.3 is 0 Å². The van der Waals surface area contributed by atoms with Gasteiger partial charge in [-0.2, -0.15) is 0 Å². The zero-order valence-electron chi connectivity index (χ0n) is 10.3. The lowest BCUT2D eigenvalue weighted by Gasteiger charge is -2.08. The van der Waals surface area contributed by atoms with Crippen molar-refractivity contribution in [1.29, 1.82) is 0 Å². The van der Waals surface area contributed by atoms with Gasteiger partial charge < -0.3 is 0 Å². The molecule has 0 bridgehead atoms. The van der Waals surface area contributed by atoms with Gasteiger partial charge in [0.05, 0.1) is 5.69 Å². The van der Waals surface area contributed by atoms with Crippen molar-refractivity contribution in [2.75, 3.05) is 4.72 Å². The largest absolute Gasteiger partial charge is 0.278 e. The smallest absolute Gasteiger partial charge is 0.271 e. The number of nitrogens with one attached hydrogen (secondary N) is 1. The van der Waals surface area contributed by atoms with Crippen molar-refractivity contribution in [1.82, 2.24) is 0 Å². The minimum Gasteiger partial charge on any atom is -0.278 e. The summed E-state index contributed by atoms with van der Waals surface area (Å²) in [5, 5.41) is 0. The van der Waals surface area contributed by atoms with Crippen LogP contribution < -0.4 is 4.72 Å². The average molecular weight is 382 g/mol. The highest BCUT2D eigenvalue weighted by Crippen LogP contribution is 2.29. The van der Waals surface area contributed by atoms with Gasteiger partial charge in [0.1, 0.15) is 4.21 Å². The van der Waals surface area contributed by atoms with Gasteiger partial charge in [-0.1, -0.05) is 6.92 Å². The second-order valence-corrected chi connectivity index (χ2v) is 7.86. The van der Waals surface area contributed by atoms with Crippen molar-refractivity contribution in [3.63, 3.8) is 0 Å². The first-order valence-corrected chi connectivity index (χ1v) is 8.69. The van der Waals surface area contributed by atoms with Crippen molar-refractivity contribution >= 4 is 43.0 Å². The second kappa shape index (κ2) is 5.79. The molecule has 0 aliphatic heterocycles. The van der Waals surface area contributed by atoms with E-state index in [1.165, 1.54) is 6.07 Å². The molecule has 0 aliphatic rings. The Balaban J connectivity index is 2.35. The zero-order valence-corrected chi connectivity index (χ0v) is 13.5. The number of benzene rings is 1. The topological polar surface area (TPSA) is 46.2 Å². The Bertz CT molecular complexity index is 744. The second-order valence-electron chi connectivity index (χ2n) is 3.93. The molecule has 0 atom stereocenters. The Hall–Kier alpha value is -0.990. The summed E-state index contributed by atoms with van der Waals surface area (Å²) in [7, 11) is -3.81. The number of rotatable bonds is 4. The molecule has 2 aromatic rings. The van der Waals surface area contributed by atoms with Gasteiger partial charge in [0.15, 0.2) is 11.6 Å². The van der Waals surface area contributed by atoms with Gasteiger partial charge in [0.2, 0.25) is 0 Å². The maximum absolute atomic E-state index is 13.2. The summed E-state index contributed by atoms with van der Waals surface area (Å²) in [5.74, 6) is -2.17. The Kier molecular flexibility index (Phi) is 4.46. The van der Waals surface area contributed by atoms with Gasteiger partial charge in [0, 0.05) is 15.4 Å². The van der Waals surface area contributed by atoms with Crippen LogP contribution in [0.25, 0.3) is 0 Å². The molecule has 0 saturated carbocycles. The number of anilines is 1. The van der Waals surface area contributed by atoms with E-state index >= 15 is 0 Å². The molecule has 0 aliphatic carbocycles. The fraction of sp³-hybridized carbons (Fsp3) is 0.167. The molecule has 3 nitrogen and oxygen atoms in total. The predicted octanol–water partition coefficient (Wildman–Crippen LogP) is 4.15. The van der Waals surface area contributed by atoms with Crippen LogP contribution in [-0.2, 0) is 16.4 Å². The van der Waals surface area contributed by atoms with Crippen LogP contribution in [0.3, 0.4) is 0 Å². The zero-order chi connectivity index (χ0) is 14.9. The van der Waals surface area contributed by atoms with Crippen LogP contribution in [0.5, 0.6) is 0 Å². The lowest BCUT2D eigenvalue weighted by Crippen LogP contribution is -2.12. The quantitative estimate of drug-likeness (QED) is 0.808. The molecule has 1 aromatic heterocycles.